The van der Waals surface area contributed by atoms with E-state index in [9.17, 15) is 9.90 Å². The summed E-state index contributed by atoms with van der Waals surface area (Å²) in [4.78, 5) is 12.2. The maximum atomic E-state index is 11.2. The molecule has 20 heavy (non-hydrogen) atoms. The highest BCUT2D eigenvalue weighted by molar-refractivity contribution is 7.18. The van der Waals surface area contributed by atoms with Crippen molar-refractivity contribution in [1.82, 2.24) is 0 Å². The Morgan fingerprint density at radius 3 is 2.80 bits per heavy atom. The quantitative estimate of drug-likeness (QED) is 0.763. The maximum Gasteiger partial charge on any atom is 0.348 e. The van der Waals surface area contributed by atoms with Crippen molar-refractivity contribution in [3.63, 3.8) is 0 Å². The number of hydrogen-bond donors (Lipinski definition) is 2. The van der Waals surface area contributed by atoms with E-state index < -0.39 is 5.97 Å². The Hall–Kier alpha value is -2.27. The molecular weight excluding hydrogens is 274 g/mol. The minimum absolute atomic E-state index is 0.178. The fourth-order valence-corrected chi connectivity index (χ4v) is 3.38. The average Bonchev–Trinajstić information content (AvgIpc) is 2.98. The first kappa shape index (κ1) is 12.7. The summed E-state index contributed by atoms with van der Waals surface area (Å²) in [5, 5.41) is 10.2. The highest BCUT2D eigenvalue weighted by atomic mass is 32.1. The summed E-state index contributed by atoms with van der Waals surface area (Å²) >= 11 is 1.17. The maximum absolute atomic E-state index is 11.2. The Balaban J connectivity index is 2.22. The van der Waals surface area contributed by atoms with Crippen LogP contribution < -0.4 is 5.73 Å². The second kappa shape index (κ2) is 4.68. The van der Waals surface area contributed by atoms with Crippen LogP contribution in [0.15, 0.2) is 34.7 Å². The van der Waals surface area contributed by atoms with Gasteiger partial charge in [-0.2, -0.15) is 0 Å². The van der Waals surface area contributed by atoms with Gasteiger partial charge in [-0.05, 0) is 24.1 Å². The van der Waals surface area contributed by atoms with Crippen molar-refractivity contribution < 1.29 is 14.3 Å². The molecule has 0 spiro atoms. The van der Waals surface area contributed by atoms with E-state index in [1.807, 2.05) is 37.3 Å². The standard InChI is InChI=1S/C15H13NO3S/c1-2-9-12(16)14(15(17)18)20-13(9)11-7-8-5-3-4-6-10(8)19-11/h3-7H,2,16H2,1H3,(H,17,18). The predicted molar refractivity (Wildman–Crippen MR) is 80.3 cm³/mol. The number of carbonyl (C=O) groups is 1. The number of carboxylic acid groups (broad SMARTS) is 1. The van der Waals surface area contributed by atoms with Gasteiger partial charge in [0, 0.05) is 5.39 Å². The van der Waals surface area contributed by atoms with Crippen molar-refractivity contribution in [2.24, 2.45) is 0 Å². The van der Waals surface area contributed by atoms with E-state index in [0.717, 1.165) is 21.4 Å². The van der Waals surface area contributed by atoms with Crippen molar-refractivity contribution in [3.05, 3.63) is 40.8 Å². The van der Waals surface area contributed by atoms with E-state index in [-0.39, 0.29) is 4.88 Å². The van der Waals surface area contributed by atoms with Crippen LogP contribution in [0.1, 0.15) is 22.2 Å². The van der Waals surface area contributed by atoms with Crippen molar-refractivity contribution in [2.45, 2.75) is 13.3 Å². The molecule has 0 saturated heterocycles. The monoisotopic (exact) mass is 287 g/mol. The molecule has 1 aromatic carbocycles. The molecule has 3 aromatic rings. The minimum Gasteiger partial charge on any atom is -0.477 e. The zero-order valence-electron chi connectivity index (χ0n) is 10.8. The summed E-state index contributed by atoms with van der Waals surface area (Å²) < 4.78 is 5.81. The third-order valence-electron chi connectivity index (χ3n) is 3.25. The Morgan fingerprint density at radius 2 is 2.15 bits per heavy atom. The predicted octanol–water partition coefficient (Wildman–Crippen LogP) is 4.00. The normalized spacial score (nSPS) is 11.1. The average molecular weight is 287 g/mol. The number of anilines is 1. The van der Waals surface area contributed by atoms with E-state index >= 15 is 0 Å². The third-order valence-corrected chi connectivity index (χ3v) is 4.50. The Bertz CT molecular complexity index is 768. The molecule has 3 N–H and O–H groups in total. The molecule has 0 unspecified atom stereocenters. The third kappa shape index (κ3) is 1.87. The molecule has 0 bridgehead atoms. The summed E-state index contributed by atoms with van der Waals surface area (Å²) in [6.07, 6.45) is 0.669. The van der Waals surface area contributed by atoms with Crippen molar-refractivity contribution >= 4 is 34.0 Å². The number of thiophene rings is 1. The molecule has 2 aromatic heterocycles. The first-order chi connectivity index (χ1) is 9.61. The zero-order valence-corrected chi connectivity index (χ0v) is 11.7. The van der Waals surface area contributed by atoms with Crippen LogP contribution >= 0.6 is 11.3 Å². The van der Waals surface area contributed by atoms with Gasteiger partial charge >= 0.3 is 5.97 Å². The summed E-state index contributed by atoms with van der Waals surface area (Å²) in [5.74, 6) is -0.322. The van der Waals surface area contributed by atoms with Crippen LogP contribution in [0, 0.1) is 0 Å². The zero-order chi connectivity index (χ0) is 14.3. The molecular formula is C15H13NO3S. The largest absolute Gasteiger partial charge is 0.477 e. The molecule has 0 radical (unpaired) electrons. The van der Waals surface area contributed by atoms with Gasteiger partial charge in [0.2, 0.25) is 0 Å². The number of carboxylic acids is 1. The molecule has 0 atom stereocenters. The van der Waals surface area contributed by atoms with Crippen molar-refractivity contribution in [3.8, 4) is 10.6 Å². The van der Waals surface area contributed by atoms with E-state index in [0.29, 0.717) is 17.9 Å². The highest BCUT2D eigenvalue weighted by Gasteiger charge is 2.22. The number of nitrogens with two attached hydrogens (primary N) is 1. The lowest BCUT2D eigenvalue weighted by atomic mass is 10.1. The molecule has 0 fully saturated rings. The lowest BCUT2D eigenvalue weighted by Crippen LogP contribution is -1.99. The van der Waals surface area contributed by atoms with Gasteiger partial charge in [-0.25, -0.2) is 4.79 Å². The van der Waals surface area contributed by atoms with Gasteiger partial charge in [0.1, 0.15) is 16.2 Å². The van der Waals surface area contributed by atoms with Crippen LogP contribution in [0.25, 0.3) is 21.6 Å². The summed E-state index contributed by atoms with van der Waals surface area (Å²) in [5.41, 5.74) is 7.91. The fourth-order valence-electron chi connectivity index (χ4n) is 2.28. The van der Waals surface area contributed by atoms with Gasteiger partial charge in [0.25, 0.3) is 0 Å². The van der Waals surface area contributed by atoms with Gasteiger partial charge in [-0.1, -0.05) is 25.1 Å². The molecule has 5 heteroatoms. The van der Waals surface area contributed by atoms with E-state index in [2.05, 4.69) is 0 Å². The smallest absolute Gasteiger partial charge is 0.348 e. The number of benzene rings is 1. The van der Waals surface area contributed by atoms with E-state index in [4.69, 9.17) is 10.2 Å². The molecule has 102 valence electrons. The van der Waals surface area contributed by atoms with Gasteiger partial charge < -0.3 is 15.3 Å². The molecule has 3 rings (SSSR count). The SMILES string of the molecule is CCc1c(-c2cc3ccccc3o2)sc(C(=O)O)c1N. The summed E-state index contributed by atoms with van der Waals surface area (Å²) in [6.45, 7) is 1.95. The Morgan fingerprint density at radius 1 is 1.40 bits per heavy atom. The number of hydrogen-bond acceptors (Lipinski definition) is 4. The highest BCUT2D eigenvalue weighted by Crippen LogP contribution is 2.40. The van der Waals surface area contributed by atoms with Crippen molar-refractivity contribution in [1.29, 1.82) is 0 Å². The lowest BCUT2D eigenvalue weighted by Gasteiger charge is -1.98. The first-order valence-corrected chi connectivity index (χ1v) is 7.06. The van der Waals surface area contributed by atoms with Crippen LogP contribution in [-0.2, 0) is 6.42 Å². The number of aromatic carboxylic acids is 1. The van der Waals surface area contributed by atoms with Crippen molar-refractivity contribution in [2.75, 3.05) is 5.73 Å². The Kier molecular flexibility index (Phi) is 2.99. The molecule has 0 aliphatic rings. The van der Waals surface area contributed by atoms with Crippen LogP contribution in [0.3, 0.4) is 0 Å². The first-order valence-electron chi connectivity index (χ1n) is 6.25. The molecule has 0 aliphatic carbocycles. The van der Waals surface area contributed by atoms with Gasteiger partial charge in [-0.15, -0.1) is 11.3 Å². The van der Waals surface area contributed by atoms with E-state index in [1.54, 1.807) is 0 Å². The van der Waals surface area contributed by atoms with Crippen LogP contribution in [0.2, 0.25) is 0 Å². The number of fused-ring (bicyclic) bond motifs is 1. The van der Waals surface area contributed by atoms with Gasteiger partial charge in [0.15, 0.2) is 0 Å². The topological polar surface area (TPSA) is 76.5 Å². The number of para-hydroxylation sites is 1. The second-order valence-electron chi connectivity index (χ2n) is 4.46. The number of furan rings is 1. The lowest BCUT2D eigenvalue weighted by molar-refractivity contribution is 0.0703. The van der Waals surface area contributed by atoms with E-state index in [1.165, 1.54) is 11.3 Å². The summed E-state index contributed by atoms with van der Waals surface area (Å²) in [6, 6.07) is 9.61. The minimum atomic E-state index is -0.996. The molecule has 0 amide bonds. The molecule has 4 nitrogen and oxygen atoms in total. The number of nitrogen functional groups attached to an aromatic ring is 1. The van der Waals surface area contributed by atoms with Crippen LogP contribution in [0.5, 0.6) is 0 Å². The van der Waals surface area contributed by atoms with Crippen LogP contribution in [0.4, 0.5) is 5.69 Å². The Labute approximate surface area is 119 Å². The molecule has 2 heterocycles. The van der Waals surface area contributed by atoms with Crippen LogP contribution in [-0.4, -0.2) is 11.1 Å². The molecule has 0 saturated carbocycles. The fraction of sp³-hybridized carbons (Fsp3) is 0.133. The van der Waals surface area contributed by atoms with Gasteiger partial charge in [0.05, 0.1) is 10.6 Å². The second-order valence-corrected chi connectivity index (χ2v) is 5.48. The molecule has 0 aliphatic heterocycles. The summed E-state index contributed by atoms with van der Waals surface area (Å²) in [7, 11) is 0. The van der Waals surface area contributed by atoms with Gasteiger partial charge in [-0.3, -0.25) is 0 Å². The number of rotatable bonds is 3.